The van der Waals surface area contributed by atoms with Crippen molar-refractivity contribution in [3.63, 3.8) is 0 Å². The van der Waals surface area contributed by atoms with Crippen molar-refractivity contribution in [2.75, 3.05) is 17.3 Å². The molecule has 2 aromatic rings. The van der Waals surface area contributed by atoms with Gasteiger partial charge in [0, 0.05) is 25.6 Å². The summed E-state index contributed by atoms with van der Waals surface area (Å²) in [4.78, 5) is 41.9. The fourth-order valence-corrected chi connectivity index (χ4v) is 4.03. The molecule has 0 bridgehead atoms. The molecule has 1 atom stereocenters. The van der Waals surface area contributed by atoms with E-state index >= 15 is 0 Å². The van der Waals surface area contributed by atoms with E-state index in [9.17, 15) is 14.4 Å². The highest BCUT2D eigenvalue weighted by molar-refractivity contribution is 6.18. The summed E-state index contributed by atoms with van der Waals surface area (Å²) in [5.41, 5.74) is 1.35. The monoisotopic (exact) mass is 363 g/mol. The van der Waals surface area contributed by atoms with Gasteiger partial charge in [0.25, 0.3) is 11.8 Å². The standard InChI is InChI=1S/C21H21N3O3/c1-3-14-7-6-8-15(13-14)22-20(27)21-12-11-18(25)24(21)17-10-5-4-9-16(17)19(26)23(21)2/h4-10,13H,3,11-12H2,1-2H3,(H,22,27). The van der Waals surface area contributed by atoms with E-state index in [-0.39, 0.29) is 30.6 Å². The third-order valence-electron chi connectivity index (χ3n) is 5.50. The summed E-state index contributed by atoms with van der Waals surface area (Å²) in [6.07, 6.45) is 1.33. The second-order valence-electron chi connectivity index (χ2n) is 6.94. The maximum Gasteiger partial charge on any atom is 0.271 e. The van der Waals surface area contributed by atoms with Crippen molar-refractivity contribution in [3.8, 4) is 0 Å². The molecule has 0 aromatic heterocycles. The van der Waals surface area contributed by atoms with Gasteiger partial charge >= 0.3 is 0 Å². The van der Waals surface area contributed by atoms with Gasteiger partial charge in [0.1, 0.15) is 0 Å². The SMILES string of the molecule is CCc1cccc(NC(=O)C23CCC(=O)N2c2ccccc2C(=O)N3C)c1. The zero-order chi connectivity index (χ0) is 19.2. The van der Waals surface area contributed by atoms with E-state index in [0.29, 0.717) is 16.9 Å². The molecule has 1 unspecified atom stereocenters. The van der Waals surface area contributed by atoms with Gasteiger partial charge in [0.15, 0.2) is 0 Å². The Balaban J connectivity index is 1.78. The normalized spacial score (nSPS) is 21.1. The molecule has 4 rings (SSSR count). The van der Waals surface area contributed by atoms with Crippen LogP contribution in [0, 0.1) is 0 Å². The molecule has 0 radical (unpaired) electrons. The Morgan fingerprint density at radius 1 is 1.15 bits per heavy atom. The van der Waals surface area contributed by atoms with E-state index < -0.39 is 5.66 Å². The Hall–Kier alpha value is -3.15. The predicted octanol–water partition coefficient (Wildman–Crippen LogP) is 2.80. The maximum absolute atomic E-state index is 13.4. The van der Waals surface area contributed by atoms with E-state index in [1.165, 1.54) is 9.80 Å². The van der Waals surface area contributed by atoms with Crippen molar-refractivity contribution in [1.82, 2.24) is 4.90 Å². The molecule has 2 heterocycles. The van der Waals surface area contributed by atoms with E-state index in [0.717, 1.165) is 12.0 Å². The zero-order valence-electron chi connectivity index (χ0n) is 15.4. The minimum absolute atomic E-state index is 0.153. The lowest BCUT2D eigenvalue weighted by molar-refractivity contribution is -0.128. The van der Waals surface area contributed by atoms with Crippen LogP contribution in [0.4, 0.5) is 11.4 Å². The highest BCUT2D eigenvalue weighted by Gasteiger charge is 2.59. The molecule has 3 amide bonds. The number of hydrogen-bond donors (Lipinski definition) is 1. The van der Waals surface area contributed by atoms with Crippen molar-refractivity contribution >= 4 is 29.1 Å². The molecule has 1 saturated heterocycles. The highest BCUT2D eigenvalue weighted by atomic mass is 16.2. The fraction of sp³-hybridized carbons (Fsp3) is 0.286. The number of benzene rings is 2. The molecule has 138 valence electrons. The molecule has 27 heavy (non-hydrogen) atoms. The number of carbonyl (C=O) groups excluding carboxylic acids is 3. The minimum Gasteiger partial charge on any atom is -0.322 e. The van der Waals surface area contributed by atoms with Gasteiger partial charge in [-0.3, -0.25) is 19.3 Å². The van der Waals surface area contributed by atoms with Gasteiger partial charge in [-0.1, -0.05) is 31.2 Å². The van der Waals surface area contributed by atoms with Crippen LogP contribution in [0.3, 0.4) is 0 Å². The number of amides is 3. The Kier molecular flexibility index (Phi) is 3.98. The number of anilines is 2. The molecule has 2 aliphatic heterocycles. The summed E-state index contributed by atoms with van der Waals surface area (Å²) in [6, 6.07) is 14.5. The van der Waals surface area contributed by atoms with Gasteiger partial charge in [-0.25, -0.2) is 0 Å². The van der Waals surface area contributed by atoms with Crippen LogP contribution in [-0.4, -0.2) is 35.3 Å². The second kappa shape index (κ2) is 6.23. The fourth-order valence-electron chi connectivity index (χ4n) is 4.03. The van der Waals surface area contributed by atoms with E-state index in [1.807, 2.05) is 31.2 Å². The van der Waals surface area contributed by atoms with E-state index in [1.54, 1.807) is 31.3 Å². The summed E-state index contributed by atoms with van der Waals surface area (Å²) in [5, 5.41) is 2.92. The number of likely N-dealkylation sites (N-methyl/N-ethyl adjacent to an activating group) is 1. The Bertz CT molecular complexity index is 955. The van der Waals surface area contributed by atoms with Crippen molar-refractivity contribution < 1.29 is 14.4 Å². The van der Waals surface area contributed by atoms with E-state index in [4.69, 9.17) is 0 Å². The van der Waals surface area contributed by atoms with Crippen molar-refractivity contribution in [2.24, 2.45) is 0 Å². The van der Waals surface area contributed by atoms with Crippen LogP contribution in [0.5, 0.6) is 0 Å². The van der Waals surface area contributed by atoms with Gasteiger partial charge in [-0.2, -0.15) is 0 Å². The first kappa shape index (κ1) is 17.3. The second-order valence-corrected chi connectivity index (χ2v) is 6.94. The van der Waals surface area contributed by atoms with Crippen LogP contribution in [0.2, 0.25) is 0 Å². The van der Waals surface area contributed by atoms with Gasteiger partial charge in [-0.15, -0.1) is 0 Å². The summed E-state index contributed by atoms with van der Waals surface area (Å²) in [5.74, 6) is -0.778. The number of para-hydroxylation sites is 1. The van der Waals surface area contributed by atoms with Crippen molar-refractivity contribution in [3.05, 3.63) is 59.7 Å². The number of carbonyl (C=O) groups is 3. The van der Waals surface area contributed by atoms with E-state index in [2.05, 4.69) is 5.32 Å². The lowest BCUT2D eigenvalue weighted by Gasteiger charge is -2.47. The first-order chi connectivity index (χ1) is 13.0. The number of rotatable bonds is 3. The van der Waals surface area contributed by atoms with Crippen LogP contribution in [0.1, 0.15) is 35.7 Å². The first-order valence-corrected chi connectivity index (χ1v) is 9.09. The maximum atomic E-state index is 13.4. The number of fused-ring (bicyclic) bond motifs is 3. The third kappa shape index (κ3) is 2.44. The number of nitrogens with zero attached hydrogens (tertiary/aromatic N) is 2. The Labute approximate surface area is 157 Å². The molecule has 0 spiro atoms. The molecular weight excluding hydrogens is 342 g/mol. The average Bonchev–Trinajstić information content (AvgIpc) is 3.05. The lowest BCUT2D eigenvalue weighted by atomic mass is 9.96. The number of nitrogens with one attached hydrogen (secondary N) is 1. The molecule has 1 fully saturated rings. The highest BCUT2D eigenvalue weighted by Crippen LogP contribution is 2.44. The summed E-state index contributed by atoms with van der Waals surface area (Å²) >= 11 is 0. The van der Waals surface area contributed by atoms with Crippen LogP contribution in [-0.2, 0) is 16.0 Å². The molecule has 6 nitrogen and oxygen atoms in total. The van der Waals surface area contributed by atoms with Gasteiger partial charge in [0.05, 0.1) is 11.3 Å². The molecule has 2 aliphatic rings. The summed E-state index contributed by atoms with van der Waals surface area (Å²) in [7, 11) is 1.59. The molecule has 0 saturated carbocycles. The van der Waals surface area contributed by atoms with Crippen LogP contribution >= 0.6 is 0 Å². The molecular formula is C21H21N3O3. The third-order valence-corrected chi connectivity index (χ3v) is 5.50. The largest absolute Gasteiger partial charge is 0.322 e. The first-order valence-electron chi connectivity index (χ1n) is 9.09. The van der Waals surface area contributed by atoms with Crippen LogP contribution in [0.15, 0.2) is 48.5 Å². The average molecular weight is 363 g/mol. The summed E-state index contributed by atoms with van der Waals surface area (Å²) < 4.78 is 0. The Morgan fingerprint density at radius 2 is 1.93 bits per heavy atom. The molecule has 1 N–H and O–H groups in total. The molecule has 6 heteroatoms. The number of aryl methyl sites for hydroxylation is 1. The predicted molar refractivity (Wildman–Crippen MR) is 102 cm³/mol. The number of hydrogen-bond acceptors (Lipinski definition) is 3. The van der Waals surface area contributed by atoms with Crippen molar-refractivity contribution in [1.29, 1.82) is 0 Å². The van der Waals surface area contributed by atoms with Gasteiger partial charge in [-0.05, 0) is 36.2 Å². The zero-order valence-corrected chi connectivity index (χ0v) is 15.4. The quantitative estimate of drug-likeness (QED) is 0.912. The van der Waals surface area contributed by atoms with Gasteiger partial charge < -0.3 is 10.2 Å². The Morgan fingerprint density at radius 3 is 2.70 bits per heavy atom. The van der Waals surface area contributed by atoms with Crippen molar-refractivity contribution in [2.45, 2.75) is 31.8 Å². The van der Waals surface area contributed by atoms with Gasteiger partial charge in [0.2, 0.25) is 11.6 Å². The lowest BCUT2D eigenvalue weighted by Crippen LogP contribution is -2.68. The smallest absolute Gasteiger partial charge is 0.271 e. The minimum atomic E-state index is -1.34. The summed E-state index contributed by atoms with van der Waals surface area (Å²) in [6.45, 7) is 2.04. The molecule has 0 aliphatic carbocycles. The van der Waals surface area contributed by atoms with Crippen LogP contribution < -0.4 is 10.2 Å². The molecule has 2 aromatic carbocycles. The topological polar surface area (TPSA) is 69.7 Å². The van der Waals surface area contributed by atoms with Crippen LogP contribution in [0.25, 0.3) is 0 Å².